The van der Waals surface area contributed by atoms with Gasteiger partial charge in [0.2, 0.25) is 0 Å². The van der Waals surface area contributed by atoms with Crippen molar-refractivity contribution in [1.82, 2.24) is 0 Å². The lowest BCUT2D eigenvalue weighted by Gasteiger charge is -2.38. The van der Waals surface area contributed by atoms with Gasteiger partial charge >= 0.3 is 0 Å². The van der Waals surface area contributed by atoms with Crippen molar-refractivity contribution in [3.8, 4) is 0 Å². The van der Waals surface area contributed by atoms with E-state index in [1.54, 1.807) is 5.31 Å². The molecular weight excluding hydrogens is 339 g/mol. The Morgan fingerprint density at radius 1 is 1.23 bits per heavy atom. The van der Waals surface area contributed by atoms with Crippen molar-refractivity contribution in [3.05, 3.63) is 34.6 Å². The molecule has 0 N–H and O–H groups in total. The fraction of sp³-hybridized carbons (Fsp3) is 0.696. The summed E-state index contributed by atoms with van der Waals surface area (Å²) in [4.78, 5) is 12.5. The second-order valence-electron chi connectivity index (χ2n) is 10.3. The second kappa shape index (κ2) is 6.93. The van der Waals surface area contributed by atoms with Gasteiger partial charge in [-0.3, -0.25) is 4.79 Å². The van der Waals surface area contributed by atoms with E-state index in [0.717, 1.165) is 14.3 Å². The number of allylic oxidation sites excluding steroid dienone is 5. The molecule has 2 unspecified atom stereocenters. The van der Waals surface area contributed by atoms with Crippen molar-refractivity contribution in [2.75, 3.05) is 0 Å². The van der Waals surface area contributed by atoms with E-state index >= 15 is 0 Å². The van der Waals surface area contributed by atoms with E-state index in [2.05, 4.69) is 46.8 Å². The number of hydrogen-bond acceptors (Lipinski definition) is 2. The predicted octanol–water partition coefficient (Wildman–Crippen LogP) is 6.59. The van der Waals surface area contributed by atoms with E-state index in [4.69, 9.17) is 4.74 Å². The van der Waals surface area contributed by atoms with E-state index < -0.39 is 0 Å². The van der Waals surface area contributed by atoms with Crippen LogP contribution >= 0.6 is 8.58 Å². The zero-order valence-corrected chi connectivity index (χ0v) is 18.5. The number of Topliss-reactive ketones (excluding diaryl/α,β-unsaturated/α-hetero) is 1. The molecule has 2 nitrogen and oxygen atoms in total. The molecule has 3 aliphatic rings. The molecule has 0 bridgehead atoms. The Hall–Kier alpha value is -0.880. The van der Waals surface area contributed by atoms with Gasteiger partial charge in [-0.05, 0) is 59.4 Å². The molecule has 3 heteroatoms. The summed E-state index contributed by atoms with van der Waals surface area (Å²) < 4.78 is 6.15. The minimum absolute atomic E-state index is 0.0172. The molecule has 0 amide bonds. The summed E-state index contributed by atoms with van der Waals surface area (Å²) in [5.41, 5.74) is 2.10. The first-order valence-corrected chi connectivity index (χ1v) is 11.2. The average Bonchev–Trinajstić information content (AvgIpc) is 2.95. The van der Waals surface area contributed by atoms with Gasteiger partial charge in [-0.2, -0.15) is 0 Å². The number of hydrogen-bond donors (Lipinski definition) is 0. The molecule has 1 aliphatic carbocycles. The van der Waals surface area contributed by atoms with E-state index in [-0.39, 0.29) is 22.8 Å². The Bertz CT molecular complexity index is 675. The molecule has 26 heavy (non-hydrogen) atoms. The highest BCUT2D eigenvalue weighted by Crippen LogP contribution is 2.54. The van der Waals surface area contributed by atoms with E-state index in [1.807, 2.05) is 13.8 Å². The average molecular weight is 375 g/mol. The van der Waals surface area contributed by atoms with Crippen LogP contribution in [0, 0.1) is 22.7 Å². The third-order valence-electron chi connectivity index (χ3n) is 6.06. The zero-order chi connectivity index (χ0) is 19.3. The summed E-state index contributed by atoms with van der Waals surface area (Å²) in [6.45, 7) is 15.5. The zero-order valence-electron chi connectivity index (χ0n) is 17.5. The molecule has 2 atom stereocenters. The van der Waals surface area contributed by atoms with E-state index in [9.17, 15) is 4.79 Å². The SMILES string of the molecule is CC(C)C(=O)C1=CC2PC(C3CCC(C)(C)CC3)=CC(C(C)(C)C)=C2O1. The highest BCUT2D eigenvalue weighted by Gasteiger charge is 2.39. The number of ether oxygens (including phenoxy) is 1. The van der Waals surface area contributed by atoms with Crippen LogP contribution in [0.2, 0.25) is 0 Å². The normalized spacial score (nSPS) is 27.3. The lowest BCUT2D eigenvalue weighted by molar-refractivity contribution is -0.120. The summed E-state index contributed by atoms with van der Waals surface area (Å²) in [6.07, 6.45) is 9.77. The largest absolute Gasteiger partial charge is 0.457 e. The predicted molar refractivity (Wildman–Crippen MR) is 111 cm³/mol. The molecule has 0 aromatic heterocycles. The molecule has 1 fully saturated rings. The lowest BCUT2D eigenvalue weighted by atomic mass is 9.72. The molecule has 0 saturated heterocycles. The molecular formula is C23H35O2P. The molecule has 1 saturated carbocycles. The number of rotatable bonds is 3. The Balaban J connectivity index is 1.89. The van der Waals surface area contributed by atoms with Gasteiger partial charge < -0.3 is 4.74 Å². The first-order chi connectivity index (χ1) is 12.0. The quantitative estimate of drug-likeness (QED) is 0.521. The highest BCUT2D eigenvalue weighted by atomic mass is 31.1. The summed E-state index contributed by atoms with van der Waals surface area (Å²) in [5.74, 6) is 2.44. The van der Waals surface area contributed by atoms with Gasteiger partial charge in [0.05, 0.1) is 5.66 Å². The van der Waals surface area contributed by atoms with Crippen LogP contribution in [0.15, 0.2) is 34.6 Å². The molecule has 0 spiro atoms. The molecule has 0 aromatic carbocycles. The molecule has 0 radical (unpaired) electrons. The van der Waals surface area contributed by atoms with Crippen LogP contribution in [0.4, 0.5) is 0 Å². The summed E-state index contributed by atoms with van der Waals surface area (Å²) >= 11 is 0. The Kier molecular flexibility index (Phi) is 5.30. The topological polar surface area (TPSA) is 26.3 Å². The van der Waals surface area contributed by atoms with Gasteiger partial charge in [-0.1, -0.05) is 63.1 Å². The molecule has 0 aromatic rings. The summed E-state index contributed by atoms with van der Waals surface area (Å²) in [5, 5.41) is 1.61. The maximum absolute atomic E-state index is 12.5. The maximum atomic E-state index is 12.5. The van der Waals surface area contributed by atoms with E-state index in [1.165, 1.54) is 31.3 Å². The van der Waals surface area contributed by atoms with Gasteiger partial charge in [0.25, 0.3) is 0 Å². The van der Waals surface area contributed by atoms with Crippen molar-refractivity contribution in [1.29, 1.82) is 0 Å². The summed E-state index contributed by atoms with van der Waals surface area (Å²) in [7, 11) is 0.727. The molecule has 2 aliphatic heterocycles. The van der Waals surface area contributed by atoms with Crippen molar-refractivity contribution in [2.24, 2.45) is 22.7 Å². The third kappa shape index (κ3) is 4.01. The first kappa shape index (κ1) is 19.9. The first-order valence-electron chi connectivity index (χ1n) is 10.1. The number of ketones is 1. The Morgan fingerprint density at radius 2 is 1.85 bits per heavy atom. The van der Waals surface area contributed by atoms with Crippen molar-refractivity contribution < 1.29 is 9.53 Å². The van der Waals surface area contributed by atoms with Gasteiger partial charge in [-0.25, -0.2) is 0 Å². The monoisotopic (exact) mass is 374 g/mol. The van der Waals surface area contributed by atoms with Gasteiger partial charge in [0.15, 0.2) is 11.5 Å². The minimum Gasteiger partial charge on any atom is -0.457 e. The van der Waals surface area contributed by atoms with Crippen LogP contribution < -0.4 is 0 Å². The second-order valence-corrected chi connectivity index (χ2v) is 11.8. The standard InChI is InChI=1S/C23H35O2P/c1-14(2)20(24)17-13-19-21(25-17)16(22(3,4)5)12-18(26-19)15-8-10-23(6,7)11-9-15/h12-15,19,26H,8-11H2,1-7H3. The van der Waals surface area contributed by atoms with Crippen molar-refractivity contribution in [3.63, 3.8) is 0 Å². The van der Waals surface area contributed by atoms with Crippen LogP contribution in [0.3, 0.4) is 0 Å². The number of fused-ring (bicyclic) bond motifs is 1. The maximum Gasteiger partial charge on any atom is 0.200 e. The van der Waals surface area contributed by atoms with Crippen molar-refractivity contribution >= 4 is 14.4 Å². The smallest absolute Gasteiger partial charge is 0.200 e. The van der Waals surface area contributed by atoms with Crippen molar-refractivity contribution in [2.45, 2.75) is 79.8 Å². The van der Waals surface area contributed by atoms with Crippen LogP contribution in [0.25, 0.3) is 0 Å². The molecule has 144 valence electrons. The minimum atomic E-state index is -0.0172. The van der Waals surface area contributed by atoms with E-state index in [0.29, 0.717) is 17.1 Å². The lowest BCUT2D eigenvalue weighted by Crippen LogP contribution is -2.24. The third-order valence-corrected chi connectivity index (χ3v) is 7.69. The van der Waals surface area contributed by atoms with Gasteiger partial charge in [-0.15, -0.1) is 0 Å². The van der Waals surface area contributed by atoms with Gasteiger partial charge in [0.1, 0.15) is 5.76 Å². The Labute approximate surface area is 161 Å². The fourth-order valence-corrected chi connectivity index (χ4v) is 5.86. The van der Waals surface area contributed by atoms with Crippen LogP contribution in [0.5, 0.6) is 0 Å². The number of carbonyl (C=O) groups excluding carboxylic acids is 1. The van der Waals surface area contributed by atoms with Crippen LogP contribution in [0.1, 0.15) is 74.1 Å². The Morgan fingerprint density at radius 3 is 2.38 bits per heavy atom. The van der Waals surface area contributed by atoms with Crippen LogP contribution in [-0.2, 0) is 9.53 Å². The molecule has 3 rings (SSSR count). The molecule has 2 heterocycles. The highest BCUT2D eigenvalue weighted by molar-refractivity contribution is 7.44. The number of carbonyl (C=O) groups is 1. The van der Waals surface area contributed by atoms with Gasteiger partial charge in [0, 0.05) is 5.92 Å². The fourth-order valence-electron chi connectivity index (χ4n) is 4.17. The van der Waals surface area contributed by atoms with Crippen LogP contribution in [-0.4, -0.2) is 11.4 Å². The summed E-state index contributed by atoms with van der Waals surface area (Å²) in [6, 6.07) is 0.